The van der Waals surface area contributed by atoms with Crippen LogP contribution in [-0.2, 0) is 0 Å². The SMILES string of the molecule is CCCOc1cc(/C=C/C(=O)c2ccc(O)c(OC)c2)ccc1OC. The first-order chi connectivity index (χ1) is 12.1. The second kappa shape index (κ2) is 8.78. The lowest BCUT2D eigenvalue weighted by molar-refractivity contribution is 0.104. The monoisotopic (exact) mass is 342 g/mol. The van der Waals surface area contributed by atoms with Gasteiger partial charge in [-0.3, -0.25) is 4.79 Å². The third-order valence-corrected chi connectivity index (χ3v) is 3.54. The number of methoxy groups -OCH3 is 2. The van der Waals surface area contributed by atoms with E-state index in [0.29, 0.717) is 23.7 Å². The van der Waals surface area contributed by atoms with Crippen molar-refractivity contribution in [1.82, 2.24) is 0 Å². The molecular weight excluding hydrogens is 320 g/mol. The first kappa shape index (κ1) is 18.4. The highest BCUT2D eigenvalue weighted by Gasteiger charge is 2.08. The Hall–Kier alpha value is -2.95. The van der Waals surface area contributed by atoms with E-state index in [-0.39, 0.29) is 17.3 Å². The van der Waals surface area contributed by atoms with Crippen LogP contribution in [0, 0.1) is 0 Å². The fraction of sp³-hybridized carbons (Fsp3) is 0.250. The molecule has 0 aliphatic carbocycles. The average molecular weight is 342 g/mol. The second-order valence-electron chi connectivity index (χ2n) is 5.34. The Morgan fingerprint density at radius 2 is 1.80 bits per heavy atom. The van der Waals surface area contributed by atoms with Crippen molar-refractivity contribution in [1.29, 1.82) is 0 Å². The predicted octanol–water partition coefficient (Wildman–Crippen LogP) is 4.09. The minimum Gasteiger partial charge on any atom is -0.504 e. The third-order valence-electron chi connectivity index (χ3n) is 3.54. The number of phenols is 1. The molecule has 1 N–H and O–H groups in total. The third kappa shape index (κ3) is 4.76. The summed E-state index contributed by atoms with van der Waals surface area (Å²) in [7, 11) is 3.03. The van der Waals surface area contributed by atoms with Gasteiger partial charge in [0.05, 0.1) is 20.8 Å². The lowest BCUT2D eigenvalue weighted by Crippen LogP contribution is -1.98. The summed E-state index contributed by atoms with van der Waals surface area (Å²) < 4.78 is 16.0. The Kier molecular flexibility index (Phi) is 6.46. The molecule has 5 nitrogen and oxygen atoms in total. The molecule has 0 aliphatic heterocycles. The average Bonchev–Trinajstić information content (AvgIpc) is 2.64. The number of allylic oxidation sites excluding steroid dienone is 1. The zero-order chi connectivity index (χ0) is 18.2. The normalized spacial score (nSPS) is 10.7. The van der Waals surface area contributed by atoms with E-state index in [4.69, 9.17) is 14.2 Å². The molecule has 0 saturated heterocycles. The summed E-state index contributed by atoms with van der Waals surface area (Å²) in [6.07, 6.45) is 4.07. The summed E-state index contributed by atoms with van der Waals surface area (Å²) in [5, 5.41) is 9.60. The highest BCUT2D eigenvalue weighted by atomic mass is 16.5. The maximum Gasteiger partial charge on any atom is 0.185 e. The lowest BCUT2D eigenvalue weighted by atomic mass is 10.1. The van der Waals surface area contributed by atoms with Crippen molar-refractivity contribution in [3.8, 4) is 23.0 Å². The van der Waals surface area contributed by atoms with Gasteiger partial charge in [0.2, 0.25) is 0 Å². The molecule has 2 aromatic rings. The van der Waals surface area contributed by atoms with E-state index in [9.17, 15) is 9.90 Å². The van der Waals surface area contributed by atoms with Gasteiger partial charge in [-0.1, -0.05) is 19.1 Å². The Morgan fingerprint density at radius 1 is 1.04 bits per heavy atom. The van der Waals surface area contributed by atoms with Gasteiger partial charge in [0.1, 0.15) is 0 Å². The molecule has 0 unspecified atom stereocenters. The Morgan fingerprint density at radius 3 is 2.48 bits per heavy atom. The van der Waals surface area contributed by atoms with E-state index < -0.39 is 0 Å². The molecule has 2 aromatic carbocycles. The van der Waals surface area contributed by atoms with Gasteiger partial charge >= 0.3 is 0 Å². The first-order valence-corrected chi connectivity index (χ1v) is 7.99. The van der Waals surface area contributed by atoms with Crippen LogP contribution in [0.25, 0.3) is 6.08 Å². The Balaban J connectivity index is 2.19. The van der Waals surface area contributed by atoms with Gasteiger partial charge in [0.15, 0.2) is 28.8 Å². The molecule has 0 heterocycles. The number of phenolic OH excluding ortho intramolecular Hbond substituents is 1. The maximum atomic E-state index is 12.3. The van der Waals surface area contributed by atoms with Gasteiger partial charge in [-0.2, -0.15) is 0 Å². The molecule has 0 fully saturated rings. The zero-order valence-corrected chi connectivity index (χ0v) is 14.6. The number of aromatic hydroxyl groups is 1. The summed E-state index contributed by atoms with van der Waals surface area (Å²) in [5.74, 6) is 1.37. The topological polar surface area (TPSA) is 65.0 Å². The van der Waals surface area contributed by atoms with E-state index in [1.165, 1.54) is 25.3 Å². The molecule has 0 aliphatic rings. The first-order valence-electron chi connectivity index (χ1n) is 7.99. The molecular formula is C20H22O5. The van der Waals surface area contributed by atoms with Gasteiger partial charge < -0.3 is 19.3 Å². The second-order valence-corrected chi connectivity index (χ2v) is 5.34. The van der Waals surface area contributed by atoms with Crippen LogP contribution in [0.5, 0.6) is 23.0 Å². The summed E-state index contributed by atoms with van der Waals surface area (Å²) in [5.41, 5.74) is 1.26. The largest absolute Gasteiger partial charge is 0.504 e. The van der Waals surface area contributed by atoms with E-state index in [1.807, 2.05) is 19.1 Å². The Labute approximate surface area is 147 Å². The van der Waals surface area contributed by atoms with Crippen LogP contribution in [0.1, 0.15) is 29.3 Å². The fourth-order valence-electron chi connectivity index (χ4n) is 2.22. The van der Waals surface area contributed by atoms with Crippen LogP contribution < -0.4 is 14.2 Å². The number of carbonyl (C=O) groups excluding carboxylic acids is 1. The van der Waals surface area contributed by atoms with E-state index in [0.717, 1.165) is 12.0 Å². The maximum absolute atomic E-state index is 12.3. The van der Waals surface area contributed by atoms with Crippen LogP contribution in [0.2, 0.25) is 0 Å². The molecule has 0 aromatic heterocycles. The number of carbonyl (C=O) groups is 1. The molecule has 0 bridgehead atoms. The number of ketones is 1. The molecule has 0 radical (unpaired) electrons. The number of ether oxygens (including phenoxy) is 3. The van der Waals surface area contributed by atoms with Crippen LogP contribution in [-0.4, -0.2) is 31.7 Å². The number of hydrogen-bond acceptors (Lipinski definition) is 5. The summed E-state index contributed by atoms with van der Waals surface area (Å²) >= 11 is 0. The van der Waals surface area contributed by atoms with Crippen molar-refractivity contribution in [2.75, 3.05) is 20.8 Å². The molecule has 5 heteroatoms. The van der Waals surface area contributed by atoms with E-state index in [2.05, 4.69) is 0 Å². The quantitative estimate of drug-likeness (QED) is 0.578. The standard InChI is InChI=1S/C20H22O5/c1-4-11-25-20-12-14(6-10-18(20)23-2)5-8-16(21)15-7-9-17(22)19(13-15)24-3/h5-10,12-13,22H,4,11H2,1-3H3/b8-5+. The van der Waals surface area contributed by atoms with Gasteiger partial charge in [-0.15, -0.1) is 0 Å². The molecule has 2 rings (SSSR count). The van der Waals surface area contributed by atoms with Gasteiger partial charge in [-0.05, 0) is 48.4 Å². The number of hydrogen-bond donors (Lipinski definition) is 1. The molecule has 0 saturated carbocycles. The molecule has 25 heavy (non-hydrogen) atoms. The Bertz CT molecular complexity index is 765. The zero-order valence-electron chi connectivity index (χ0n) is 14.6. The molecule has 0 spiro atoms. The highest BCUT2D eigenvalue weighted by Crippen LogP contribution is 2.29. The number of rotatable bonds is 8. The van der Waals surface area contributed by atoms with Gasteiger partial charge in [-0.25, -0.2) is 0 Å². The minimum atomic E-state index is -0.190. The van der Waals surface area contributed by atoms with Crippen LogP contribution in [0.3, 0.4) is 0 Å². The van der Waals surface area contributed by atoms with Crippen molar-refractivity contribution >= 4 is 11.9 Å². The predicted molar refractivity (Wildman–Crippen MR) is 96.8 cm³/mol. The minimum absolute atomic E-state index is 0.00380. The van der Waals surface area contributed by atoms with Crippen molar-refractivity contribution in [3.63, 3.8) is 0 Å². The highest BCUT2D eigenvalue weighted by molar-refractivity contribution is 6.07. The summed E-state index contributed by atoms with van der Waals surface area (Å²) in [6.45, 7) is 2.62. The number of benzene rings is 2. The molecule has 0 amide bonds. The van der Waals surface area contributed by atoms with Crippen molar-refractivity contribution in [2.24, 2.45) is 0 Å². The summed E-state index contributed by atoms with van der Waals surface area (Å²) in [6, 6.07) is 9.97. The van der Waals surface area contributed by atoms with Crippen molar-refractivity contribution in [2.45, 2.75) is 13.3 Å². The smallest absolute Gasteiger partial charge is 0.185 e. The van der Waals surface area contributed by atoms with Gasteiger partial charge in [0.25, 0.3) is 0 Å². The van der Waals surface area contributed by atoms with Crippen LogP contribution in [0.15, 0.2) is 42.5 Å². The van der Waals surface area contributed by atoms with E-state index in [1.54, 1.807) is 25.3 Å². The lowest BCUT2D eigenvalue weighted by Gasteiger charge is -2.10. The summed E-state index contributed by atoms with van der Waals surface area (Å²) in [4.78, 5) is 12.3. The molecule has 0 atom stereocenters. The van der Waals surface area contributed by atoms with Crippen molar-refractivity contribution < 1.29 is 24.1 Å². The fourth-order valence-corrected chi connectivity index (χ4v) is 2.22. The van der Waals surface area contributed by atoms with Gasteiger partial charge in [0, 0.05) is 5.56 Å². The van der Waals surface area contributed by atoms with Crippen molar-refractivity contribution in [3.05, 3.63) is 53.6 Å². The van der Waals surface area contributed by atoms with Crippen LogP contribution in [0.4, 0.5) is 0 Å². The molecule has 132 valence electrons. The van der Waals surface area contributed by atoms with Crippen LogP contribution >= 0.6 is 0 Å². The van der Waals surface area contributed by atoms with E-state index >= 15 is 0 Å².